The number of para-hydroxylation sites is 1. The molecule has 0 unspecified atom stereocenters. The van der Waals surface area contributed by atoms with E-state index in [2.05, 4.69) is 25.8 Å². The van der Waals surface area contributed by atoms with Crippen molar-refractivity contribution in [1.82, 2.24) is 24.6 Å². The van der Waals surface area contributed by atoms with Crippen LogP contribution in [0.25, 0.3) is 22.3 Å². The molecule has 6 rings (SSSR count). The lowest BCUT2D eigenvalue weighted by Gasteiger charge is -2.34. The molecule has 1 amide bonds. The fourth-order valence-electron chi connectivity index (χ4n) is 5.56. The summed E-state index contributed by atoms with van der Waals surface area (Å²) in [5, 5.41) is 10.9. The lowest BCUT2D eigenvalue weighted by Crippen LogP contribution is -2.47. The Morgan fingerprint density at radius 1 is 1.09 bits per heavy atom. The van der Waals surface area contributed by atoms with Crippen LogP contribution >= 0.6 is 11.8 Å². The van der Waals surface area contributed by atoms with E-state index in [0.29, 0.717) is 12.5 Å². The largest absolute Gasteiger partial charge is 0.360 e. The first-order valence-corrected chi connectivity index (χ1v) is 15.0. The number of sulfone groups is 1. The summed E-state index contributed by atoms with van der Waals surface area (Å²) in [5.41, 5.74) is 2.09. The first-order valence-electron chi connectivity index (χ1n) is 12.2. The molecule has 0 radical (unpaired) electrons. The molecular formula is C24H29N5O3S2. The zero-order chi connectivity index (χ0) is 23.3. The second-order valence-corrected chi connectivity index (χ2v) is 12.9. The highest BCUT2D eigenvalue weighted by molar-refractivity contribution is 7.99. The van der Waals surface area contributed by atoms with E-state index in [9.17, 15) is 13.2 Å². The number of fused-ring (bicyclic) bond motifs is 1. The van der Waals surface area contributed by atoms with Gasteiger partial charge < -0.3 is 9.88 Å². The number of thioether (sulfide) groups is 1. The molecule has 1 N–H and O–H groups in total. The lowest BCUT2D eigenvalue weighted by molar-refractivity contribution is -0.132. The van der Waals surface area contributed by atoms with Gasteiger partial charge >= 0.3 is 0 Å². The Balaban J connectivity index is 1.24. The van der Waals surface area contributed by atoms with Crippen molar-refractivity contribution >= 4 is 38.4 Å². The number of aromatic amines is 1. The second kappa shape index (κ2) is 8.71. The van der Waals surface area contributed by atoms with Gasteiger partial charge in [0, 0.05) is 40.8 Å². The Hall–Kier alpha value is -2.33. The molecular weight excluding hydrogens is 470 g/mol. The van der Waals surface area contributed by atoms with Crippen molar-refractivity contribution in [2.24, 2.45) is 0 Å². The molecule has 1 atom stereocenters. The molecule has 0 spiro atoms. The fourth-order valence-corrected chi connectivity index (χ4v) is 8.15. The number of hydrogen-bond acceptors (Lipinski definition) is 6. The minimum absolute atomic E-state index is 0.0259. The predicted octanol–water partition coefficient (Wildman–Crippen LogP) is 3.81. The average Bonchev–Trinajstić information content (AvgIpc) is 3.20. The molecule has 3 heterocycles. The number of H-pyrrole nitrogens is 1. The van der Waals surface area contributed by atoms with Gasteiger partial charge in [-0.2, -0.15) is 0 Å². The predicted molar refractivity (Wildman–Crippen MR) is 132 cm³/mol. The van der Waals surface area contributed by atoms with Crippen LogP contribution in [0.1, 0.15) is 51.0 Å². The molecule has 2 saturated carbocycles. The number of amides is 1. The van der Waals surface area contributed by atoms with Crippen LogP contribution in [0.4, 0.5) is 0 Å². The van der Waals surface area contributed by atoms with E-state index in [4.69, 9.17) is 0 Å². The number of benzene rings is 1. The van der Waals surface area contributed by atoms with Crippen LogP contribution in [0.15, 0.2) is 35.6 Å². The highest BCUT2D eigenvalue weighted by atomic mass is 32.2. The van der Waals surface area contributed by atoms with Gasteiger partial charge in [-0.15, -0.1) is 10.2 Å². The van der Waals surface area contributed by atoms with Gasteiger partial charge in [0.2, 0.25) is 5.91 Å². The maximum Gasteiger partial charge on any atom is 0.233 e. The Kier molecular flexibility index (Phi) is 5.68. The van der Waals surface area contributed by atoms with Crippen LogP contribution in [0.5, 0.6) is 0 Å². The van der Waals surface area contributed by atoms with Crippen molar-refractivity contribution in [3.05, 3.63) is 30.5 Å². The van der Waals surface area contributed by atoms with Crippen molar-refractivity contribution < 1.29 is 13.2 Å². The summed E-state index contributed by atoms with van der Waals surface area (Å²) < 4.78 is 26.4. The minimum atomic E-state index is -3.05. The van der Waals surface area contributed by atoms with Crippen molar-refractivity contribution in [3.63, 3.8) is 0 Å². The molecule has 3 aliphatic rings. The Bertz CT molecular complexity index is 1320. The first kappa shape index (κ1) is 22.2. The third-order valence-electron chi connectivity index (χ3n) is 7.34. The zero-order valence-electron chi connectivity index (χ0n) is 19.0. The molecule has 180 valence electrons. The molecule has 2 aromatic heterocycles. The maximum absolute atomic E-state index is 13.5. The van der Waals surface area contributed by atoms with Gasteiger partial charge in [-0.1, -0.05) is 42.8 Å². The first-order chi connectivity index (χ1) is 16.5. The van der Waals surface area contributed by atoms with Gasteiger partial charge in [-0.25, -0.2) is 8.42 Å². The van der Waals surface area contributed by atoms with E-state index < -0.39 is 9.84 Å². The number of rotatable bonds is 7. The Labute approximate surface area is 203 Å². The van der Waals surface area contributed by atoms with Crippen molar-refractivity contribution in [1.29, 1.82) is 0 Å². The van der Waals surface area contributed by atoms with E-state index in [1.165, 1.54) is 11.8 Å². The van der Waals surface area contributed by atoms with Crippen molar-refractivity contribution in [2.45, 2.75) is 68.2 Å². The van der Waals surface area contributed by atoms with Crippen molar-refractivity contribution in [2.75, 3.05) is 17.3 Å². The molecule has 2 aliphatic carbocycles. The van der Waals surface area contributed by atoms with Gasteiger partial charge in [0.1, 0.15) is 0 Å². The zero-order valence-corrected chi connectivity index (χ0v) is 20.7. The van der Waals surface area contributed by atoms with Crippen molar-refractivity contribution in [3.8, 4) is 11.4 Å². The van der Waals surface area contributed by atoms with Crippen LogP contribution in [-0.4, -0.2) is 68.3 Å². The smallest absolute Gasteiger partial charge is 0.233 e. The third kappa shape index (κ3) is 4.15. The summed E-state index contributed by atoms with van der Waals surface area (Å²) in [6.45, 7) is 0. The number of carbonyl (C=O) groups is 1. The molecule has 1 aliphatic heterocycles. The van der Waals surface area contributed by atoms with Crippen LogP contribution in [-0.2, 0) is 14.6 Å². The third-order valence-corrected chi connectivity index (χ3v) is 10.0. The summed E-state index contributed by atoms with van der Waals surface area (Å²) in [5.74, 6) is 1.40. The van der Waals surface area contributed by atoms with E-state index in [0.717, 1.165) is 66.0 Å². The van der Waals surface area contributed by atoms with Gasteiger partial charge in [-0.05, 0) is 38.2 Å². The van der Waals surface area contributed by atoms with Gasteiger partial charge in [0.25, 0.3) is 0 Å². The van der Waals surface area contributed by atoms with Gasteiger partial charge in [-0.3, -0.25) is 9.36 Å². The summed E-state index contributed by atoms with van der Waals surface area (Å²) in [6.07, 6.45) is 8.85. The van der Waals surface area contributed by atoms with E-state index in [1.54, 1.807) is 0 Å². The highest BCUT2D eigenvalue weighted by Gasteiger charge is 2.39. The summed E-state index contributed by atoms with van der Waals surface area (Å²) in [6, 6.07) is 8.49. The standard InChI is InChI=1S/C24H29N5O3S2/c30-22(28(16-5-1-2-6-16)18-11-12-34(31,32)15-18)14-33-24-27-26-23(29(24)17-9-10-17)20-13-25-21-8-4-3-7-19(20)21/h3-4,7-8,13,16-18,25H,1-2,5-6,9-12,14-15H2/t18-/m0/s1. The molecule has 1 saturated heterocycles. The molecule has 1 aromatic carbocycles. The van der Waals surface area contributed by atoms with Gasteiger partial charge in [0.05, 0.1) is 17.3 Å². The minimum Gasteiger partial charge on any atom is -0.360 e. The number of nitrogens with zero attached hydrogens (tertiary/aromatic N) is 4. The number of carbonyl (C=O) groups excluding carboxylic acids is 1. The molecule has 3 aromatic rings. The molecule has 10 heteroatoms. The normalized spacial score (nSPS) is 22.5. The van der Waals surface area contributed by atoms with Crippen LogP contribution in [0.2, 0.25) is 0 Å². The van der Waals surface area contributed by atoms with E-state index in [1.807, 2.05) is 29.3 Å². The SMILES string of the molecule is O=C(CSc1nnc(-c2c[nH]c3ccccc23)n1C1CC1)N(C1CCCC1)[C@H]1CCS(=O)(=O)C1. The summed E-state index contributed by atoms with van der Waals surface area (Å²) in [7, 11) is -3.05. The molecule has 34 heavy (non-hydrogen) atoms. The summed E-state index contributed by atoms with van der Waals surface area (Å²) in [4.78, 5) is 18.7. The lowest BCUT2D eigenvalue weighted by atomic mass is 10.1. The topological polar surface area (TPSA) is 101 Å². The number of hydrogen-bond donors (Lipinski definition) is 1. The molecule has 8 nitrogen and oxygen atoms in total. The Morgan fingerprint density at radius 2 is 1.88 bits per heavy atom. The number of aromatic nitrogens is 4. The maximum atomic E-state index is 13.5. The fraction of sp³-hybridized carbons (Fsp3) is 0.542. The van der Waals surface area contributed by atoms with Crippen LogP contribution in [0, 0.1) is 0 Å². The Morgan fingerprint density at radius 3 is 2.62 bits per heavy atom. The molecule has 0 bridgehead atoms. The second-order valence-electron chi connectivity index (χ2n) is 9.74. The molecule has 3 fully saturated rings. The average molecular weight is 500 g/mol. The van der Waals surface area contributed by atoms with E-state index >= 15 is 0 Å². The van der Waals surface area contributed by atoms with E-state index in [-0.39, 0.29) is 35.2 Å². The summed E-state index contributed by atoms with van der Waals surface area (Å²) >= 11 is 1.43. The monoisotopic (exact) mass is 499 g/mol. The number of nitrogens with one attached hydrogen (secondary N) is 1. The van der Waals surface area contributed by atoms with Crippen LogP contribution < -0.4 is 0 Å². The highest BCUT2D eigenvalue weighted by Crippen LogP contribution is 2.42. The van der Waals surface area contributed by atoms with Crippen LogP contribution in [0.3, 0.4) is 0 Å². The van der Waals surface area contributed by atoms with Gasteiger partial charge in [0.15, 0.2) is 20.8 Å². The quantitative estimate of drug-likeness (QED) is 0.496.